The average molecular weight is 256 g/mol. The summed E-state index contributed by atoms with van der Waals surface area (Å²) in [5.41, 5.74) is 1.08. The van der Waals surface area contributed by atoms with E-state index >= 15 is 0 Å². The summed E-state index contributed by atoms with van der Waals surface area (Å²) < 4.78 is 4.69. The molecule has 2 rings (SSSR count). The van der Waals surface area contributed by atoms with Crippen molar-refractivity contribution in [2.75, 3.05) is 6.61 Å². The Kier molecular flexibility index (Phi) is 4.29. The first-order valence-electron chi connectivity index (χ1n) is 6.39. The Balaban J connectivity index is 2.10. The lowest BCUT2D eigenvalue weighted by atomic mass is 10.00. The van der Waals surface area contributed by atoms with Gasteiger partial charge >= 0.3 is 5.97 Å². The molecule has 0 bridgehead atoms. The molecule has 0 saturated carbocycles. The number of carbonyl (C=O) groups excluding carboxylic acids is 2. The minimum Gasteiger partial charge on any atom is -0.460 e. The number of Topliss-reactive ketones (excluding diaryl/α,β-unsaturated/α-hetero) is 1. The van der Waals surface area contributed by atoms with E-state index in [-0.39, 0.29) is 13.0 Å². The molecule has 0 spiro atoms. The van der Waals surface area contributed by atoms with Crippen molar-refractivity contribution in [2.45, 2.75) is 19.8 Å². The fraction of sp³-hybridized carbons (Fsp3) is 0.250. The Morgan fingerprint density at radius 3 is 2.58 bits per heavy atom. The van der Waals surface area contributed by atoms with Crippen LogP contribution < -0.4 is 0 Å². The SMILES string of the molecule is CCOC(=O)C(=O)CCc1cccc2ccccc12. The van der Waals surface area contributed by atoms with E-state index in [0.29, 0.717) is 6.42 Å². The zero-order valence-corrected chi connectivity index (χ0v) is 10.9. The Morgan fingerprint density at radius 2 is 1.79 bits per heavy atom. The van der Waals surface area contributed by atoms with Crippen molar-refractivity contribution in [1.82, 2.24) is 0 Å². The van der Waals surface area contributed by atoms with Gasteiger partial charge in [-0.15, -0.1) is 0 Å². The van der Waals surface area contributed by atoms with Crippen molar-refractivity contribution >= 4 is 22.5 Å². The highest BCUT2D eigenvalue weighted by Crippen LogP contribution is 2.19. The standard InChI is InChI=1S/C16H16O3/c1-2-19-16(18)15(17)11-10-13-8-5-7-12-6-3-4-9-14(12)13/h3-9H,2,10-11H2,1H3. The van der Waals surface area contributed by atoms with E-state index in [1.54, 1.807) is 6.92 Å². The highest BCUT2D eigenvalue weighted by Gasteiger charge is 2.14. The van der Waals surface area contributed by atoms with Gasteiger partial charge in [0, 0.05) is 6.42 Å². The maximum atomic E-state index is 11.6. The number of ketones is 1. The molecule has 0 amide bonds. The number of benzene rings is 2. The van der Waals surface area contributed by atoms with Crippen LogP contribution in [0.1, 0.15) is 18.9 Å². The van der Waals surface area contributed by atoms with Crippen LogP contribution in [0, 0.1) is 0 Å². The van der Waals surface area contributed by atoms with Crippen LogP contribution in [0.15, 0.2) is 42.5 Å². The molecule has 3 nitrogen and oxygen atoms in total. The summed E-state index contributed by atoms with van der Waals surface area (Å²) in [4.78, 5) is 22.8. The van der Waals surface area contributed by atoms with Gasteiger partial charge in [0.05, 0.1) is 6.61 Å². The summed E-state index contributed by atoms with van der Waals surface area (Å²) >= 11 is 0. The molecule has 2 aromatic rings. The van der Waals surface area contributed by atoms with E-state index in [9.17, 15) is 9.59 Å². The molecule has 0 radical (unpaired) electrons. The first-order chi connectivity index (χ1) is 9.22. The van der Waals surface area contributed by atoms with Gasteiger partial charge < -0.3 is 4.74 Å². The molecule has 0 aliphatic heterocycles. The van der Waals surface area contributed by atoms with Crippen LogP contribution in [-0.4, -0.2) is 18.4 Å². The summed E-state index contributed by atoms with van der Waals surface area (Å²) in [6.07, 6.45) is 0.742. The summed E-state index contributed by atoms with van der Waals surface area (Å²) in [6.45, 7) is 1.93. The van der Waals surface area contributed by atoms with E-state index < -0.39 is 11.8 Å². The molecular weight excluding hydrogens is 240 g/mol. The smallest absolute Gasteiger partial charge is 0.374 e. The molecule has 0 aliphatic carbocycles. The molecule has 0 atom stereocenters. The third kappa shape index (κ3) is 3.19. The highest BCUT2D eigenvalue weighted by molar-refractivity contribution is 6.33. The van der Waals surface area contributed by atoms with Crippen molar-refractivity contribution in [3.05, 3.63) is 48.0 Å². The second-order valence-corrected chi connectivity index (χ2v) is 4.28. The number of esters is 1. The molecular formula is C16H16O3. The van der Waals surface area contributed by atoms with Crippen LogP contribution in [0.3, 0.4) is 0 Å². The van der Waals surface area contributed by atoms with E-state index in [1.165, 1.54) is 0 Å². The van der Waals surface area contributed by atoms with E-state index in [0.717, 1.165) is 16.3 Å². The van der Waals surface area contributed by atoms with Gasteiger partial charge in [-0.3, -0.25) is 4.79 Å². The molecule has 0 heterocycles. The second kappa shape index (κ2) is 6.14. The van der Waals surface area contributed by atoms with Crippen LogP contribution in [-0.2, 0) is 20.7 Å². The van der Waals surface area contributed by atoms with Gasteiger partial charge in [-0.2, -0.15) is 0 Å². The van der Waals surface area contributed by atoms with E-state index in [4.69, 9.17) is 4.74 Å². The number of carbonyl (C=O) groups is 2. The van der Waals surface area contributed by atoms with Gasteiger partial charge in [0.25, 0.3) is 0 Å². The normalized spacial score (nSPS) is 10.4. The maximum absolute atomic E-state index is 11.6. The van der Waals surface area contributed by atoms with E-state index in [2.05, 4.69) is 0 Å². The second-order valence-electron chi connectivity index (χ2n) is 4.28. The van der Waals surface area contributed by atoms with Crippen molar-refractivity contribution in [3.8, 4) is 0 Å². The predicted octanol–water partition coefficient (Wildman–Crippen LogP) is 2.90. The lowest BCUT2D eigenvalue weighted by molar-refractivity contribution is -0.153. The first-order valence-corrected chi connectivity index (χ1v) is 6.39. The van der Waals surface area contributed by atoms with Crippen molar-refractivity contribution in [3.63, 3.8) is 0 Å². The largest absolute Gasteiger partial charge is 0.460 e. The topological polar surface area (TPSA) is 43.4 Å². The molecule has 0 saturated heterocycles. The van der Waals surface area contributed by atoms with Gasteiger partial charge in [-0.1, -0.05) is 42.5 Å². The van der Waals surface area contributed by atoms with Crippen LogP contribution in [0.25, 0.3) is 10.8 Å². The third-order valence-corrected chi connectivity index (χ3v) is 3.00. The number of fused-ring (bicyclic) bond motifs is 1. The predicted molar refractivity (Wildman–Crippen MR) is 73.9 cm³/mol. The first kappa shape index (κ1) is 13.3. The molecule has 0 unspecified atom stereocenters. The van der Waals surface area contributed by atoms with Gasteiger partial charge in [-0.05, 0) is 29.7 Å². The van der Waals surface area contributed by atoms with Crippen LogP contribution in [0.2, 0.25) is 0 Å². The molecule has 0 aromatic heterocycles. The lowest BCUT2D eigenvalue weighted by Gasteiger charge is -2.06. The van der Waals surface area contributed by atoms with Gasteiger partial charge in [-0.25, -0.2) is 4.79 Å². The van der Waals surface area contributed by atoms with E-state index in [1.807, 2.05) is 42.5 Å². The summed E-state index contributed by atoms with van der Waals surface area (Å²) in [5, 5.41) is 2.27. The number of hydrogen-bond acceptors (Lipinski definition) is 3. The Morgan fingerprint density at radius 1 is 1.05 bits per heavy atom. The van der Waals surface area contributed by atoms with Crippen molar-refractivity contribution in [2.24, 2.45) is 0 Å². The minimum absolute atomic E-state index is 0.187. The molecule has 19 heavy (non-hydrogen) atoms. The zero-order chi connectivity index (χ0) is 13.7. The molecule has 0 N–H and O–H groups in total. The molecule has 3 heteroatoms. The maximum Gasteiger partial charge on any atom is 0.374 e. The molecule has 2 aromatic carbocycles. The monoisotopic (exact) mass is 256 g/mol. The summed E-state index contributed by atoms with van der Waals surface area (Å²) in [7, 11) is 0. The van der Waals surface area contributed by atoms with Crippen molar-refractivity contribution < 1.29 is 14.3 Å². The molecule has 98 valence electrons. The lowest BCUT2D eigenvalue weighted by Crippen LogP contribution is -2.17. The van der Waals surface area contributed by atoms with Crippen LogP contribution in [0.5, 0.6) is 0 Å². The number of rotatable bonds is 5. The zero-order valence-electron chi connectivity index (χ0n) is 10.9. The Labute approximate surface area is 112 Å². The third-order valence-electron chi connectivity index (χ3n) is 3.00. The van der Waals surface area contributed by atoms with Crippen LogP contribution in [0.4, 0.5) is 0 Å². The Hall–Kier alpha value is -2.16. The number of aryl methyl sites for hydroxylation is 1. The number of hydrogen-bond donors (Lipinski definition) is 0. The van der Waals surface area contributed by atoms with Gasteiger partial charge in [0.1, 0.15) is 0 Å². The highest BCUT2D eigenvalue weighted by atomic mass is 16.5. The summed E-state index contributed by atoms with van der Waals surface area (Å²) in [6, 6.07) is 14.0. The van der Waals surface area contributed by atoms with Gasteiger partial charge in [0.15, 0.2) is 0 Å². The quantitative estimate of drug-likeness (QED) is 0.610. The van der Waals surface area contributed by atoms with Crippen molar-refractivity contribution in [1.29, 1.82) is 0 Å². The fourth-order valence-electron chi connectivity index (χ4n) is 2.07. The van der Waals surface area contributed by atoms with Gasteiger partial charge in [0.2, 0.25) is 5.78 Å². The number of ether oxygens (including phenoxy) is 1. The Bertz CT molecular complexity index is 596. The summed E-state index contributed by atoms with van der Waals surface area (Å²) in [5.74, 6) is -1.20. The van der Waals surface area contributed by atoms with Crippen LogP contribution >= 0.6 is 0 Å². The minimum atomic E-state index is -0.734. The molecule has 0 aliphatic rings. The average Bonchev–Trinajstić information content (AvgIpc) is 2.45. The fourth-order valence-corrected chi connectivity index (χ4v) is 2.07. The molecule has 0 fully saturated rings.